The van der Waals surface area contributed by atoms with E-state index >= 15 is 0 Å². The van der Waals surface area contributed by atoms with Crippen molar-refractivity contribution in [1.29, 1.82) is 0 Å². The smallest absolute Gasteiger partial charge is 0.189 e. The fourth-order valence-corrected chi connectivity index (χ4v) is 1.35. The second kappa shape index (κ2) is 4.65. The molecule has 2 rings (SSSR count). The van der Waals surface area contributed by atoms with Crippen LogP contribution >= 0.6 is 0 Å². The lowest BCUT2D eigenvalue weighted by Gasteiger charge is -2.00. The molecule has 4 heteroatoms. The van der Waals surface area contributed by atoms with Gasteiger partial charge < -0.3 is 9.52 Å². The molecule has 0 aliphatic rings. The van der Waals surface area contributed by atoms with E-state index in [2.05, 4.69) is 0 Å². The quantitative estimate of drug-likeness (QED) is 0.653. The Labute approximate surface area is 96.8 Å². The Balaban J connectivity index is 2.23. The summed E-state index contributed by atoms with van der Waals surface area (Å²) in [6, 6.07) is 7.16. The standard InChI is InChI=1S/C13H9FO3/c14-11-5-1-4-10(13(11)16)12(15)7-6-9-3-2-8-17-9/h1-8,16H. The number of rotatable bonds is 3. The Bertz CT molecular complexity index is 556. The predicted molar refractivity (Wildman–Crippen MR) is 60.1 cm³/mol. The number of phenols is 1. The summed E-state index contributed by atoms with van der Waals surface area (Å²) < 4.78 is 18.0. The summed E-state index contributed by atoms with van der Waals surface area (Å²) >= 11 is 0. The second-order valence-corrected chi connectivity index (χ2v) is 3.35. The molecule has 0 atom stereocenters. The third-order valence-electron chi connectivity index (χ3n) is 2.19. The van der Waals surface area contributed by atoms with Crippen molar-refractivity contribution in [3.05, 3.63) is 59.8 Å². The number of carbonyl (C=O) groups is 1. The highest BCUT2D eigenvalue weighted by Gasteiger charge is 2.11. The number of aromatic hydroxyl groups is 1. The summed E-state index contributed by atoms with van der Waals surface area (Å²) in [5.41, 5.74) is -0.0761. The van der Waals surface area contributed by atoms with Crippen molar-refractivity contribution in [1.82, 2.24) is 0 Å². The Kier molecular flexibility index (Phi) is 3.05. The maximum absolute atomic E-state index is 13.0. The van der Waals surface area contributed by atoms with E-state index in [1.54, 1.807) is 12.1 Å². The summed E-state index contributed by atoms with van der Waals surface area (Å²) in [6.07, 6.45) is 4.14. The van der Waals surface area contributed by atoms with Gasteiger partial charge >= 0.3 is 0 Å². The van der Waals surface area contributed by atoms with Gasteiger partial charge in [0.2, 0.25) is 0 Å². The van der Waals surface area contributed by atoms with E-state index in [-0.39, 0.29) is 5.56 Å². The normalized spacial score (nSPS) is 10.9. The van der Waals surface area contributed by atoms with Gasteiger partial charge in [-0.2, -0.15) is 0 Å². The van der Waals surface area contributed by atoms with E-state index in [4.69, 9.17) is 4.42 Å². The molecule has 86 valence electrons. The molecule has 3 nitrogen and oxygen atoms in total. The first-order valence-corrected chi connectivity index (χ1v) is 4.92. The van der Waals surface area contributed by atoms with Crippen molar-refractivity contribution in [3.8, 4) is 5.75 Å². The lowest BCUT2D eigenvalue weighted by molar-refractivity contribution is 0.104. The Morgan fingerprint density at radius 3 is 2.82 bits per heavy atom. The fourth-order valence-electron chi connectivity index (χ4n) is 1.35. The number of carbonyl (C=O) groups excluding carboxylic acids is 1. The highest BCUT2D eigenvalue weighted by molar-refractivity contribution is 6.08. The highest BCUT2D eigenvalue weighted by atomic mass is 19.1. The number of hydrogen-bond acceptors (Lipinski definition) is 3. The van der Waals surface area contributed by atoms with Crippen LogP contribution in [0.25, 0.3) is 6.08 Å². The van der Waals surface area contributed by atoms with Gasteiger partial charge in [0.15, 0.2) is 17.3 Å². The van der Waals surface area contributed by atoms with Crippen LogP contribution in [0.15, 0.2) is 47.1 Å². The molecule has 0 aliphatic heterocycles. The summed E-state index contributed by atoms with van der Waals surface area (Å²) in [5, 5.41) is 9.37. The van der Waals surface area contributed by atoms with Gasteiger partial charge in [-0.1, -0.05) is 6.07 Å². The minimum atomic E-state index is -0.817. The first kappa shape index (κ1) is 11.1. The molecule has 0 saturated carbocycles. The molecule has 1 N–H and O–H groups in total. The lowest BCUT2D eigenvalue weighted by atomic mass is 10.1. The summed E-state index contributed by atoms with van der Waals surface area (Å²) in [7, 11) is 0. The Hall–Kier alpha value is -2.36. The van der Waals surface area contributed by atoms with Gasteiger partial charge in [0.1, 0.15) is 5.76 Å². The number of hydrogen-bond donors (Lipinski definition) is 1. The van der Waals surface area contributed by atoms with Gasteiger partial charge in [-0.3, -0.25) is 4.79 Å². The van der Waals surface area contributed by atoms with E-state index in [0.29, 0.717) is 5.76 Å². The van der Waals surface area contributed by atoms with E-state index < -0.39 is 17.3 Å². The molecule has 0 amide bonds. The van der Waals surface area contributed by atoms with Crippen molar-refractivity contribution < 1.29 is 18.7 Å². The van der Waals surface area contributed by atoms with Crippen LogP contribution < -0.4 is 0 Å². The molecule has 1 heterocycles. The molecule has 0 aliphatic carbocycles. The minimum Gasteiger partial charge on any atom is -0.504 e. The lowest BCUT2D eigenvalue weighted by Crippen LogP contribution is -1.96. The summed E-state index contributed by atoms with van der Waals surface area (Å²) in [5.74, 6) is -1.43. The third kappa shape index (κ3) is 2.42. The number of ketones is 1. The Morgan fingerprint density at radius 1 is 1.29 bits per heavy atom. The first-order valence-electron chi connectivity index (χ1n) is 4.92. The zero-order valence-electron chi connectivity index (χ0n) is 8.76. The van der Waals surface area contributed by atoms with E-state index in [0.717, 1.165) is 6.07 Å². The molecular weight excluding hydrogens is 223 g/mol. The van der Waals surface area contributed by atoms with Gasteiger partial charge in [0.25, 0.3) is 0 Å². The van der Waals surface area contributed by atoms with Crippen molar-refractivity contribution in [2.75, 3.05) is 0 Å². The fraction of sp³-hybridized carbons (Fsp3) is 0. The van der Waals surface area contributed by atoms with Crippen LogP contribution in [0.1, 0.15) is 16.1 Å². The molecule has 0 fully saturated rings. The monoisotopic (exact) mass is 232 g/mol. The van der Waals surface area contributed by atoms with Crippen molar-refractivity contribution >= 4 is 11.9 Å². The molecule has 0 bridgehead atoms. The Morgan fingerprint density at radius 2 is 2.12 bits per heavy atom. The SMILES string of the molecule is O=C(C=Cc1ccco1)c1cccc(F)c1O. The van der Waals surface area contributed by atoms with Crippen molar-refractivity contribution in [3.63, 3.8) is 0 Å². The maximum Gasteiger partial charge on any atom is 0.189 e. The van der Waals surface area contributed by atoms with Gasteiger partial charge in [-0.25, -0.2) is 4.39 Å². The zero-order valence-corrected chi connectivity index (χ0v) is 8.76. The number of benzene rings is 1. The van der Waals surface area contributed by atoms with Crippen LogP contribution in [0.5, 0.6) is 5.75 Å². The predicted octanol–water partition coefficient (Wildman–Crippen LogP) is 3.02. The van der Waals surface area contributed by atoms with E-state index in [1.807, 2.05) is 0 Å². The van der Waals surface area contributed by atoms with Crippen LogP contribution in [0.2, 0.25) is 0 Å². The van der Waals surface area contributed by atoms with E-state index in [1.165, 1.54) is 30.5 Å². The average Bonchev–Trinajstić information content (AvgIpc) is 2.82. The van der Waals surface area contributed by atoms with Crippen LogP contribution in [0, 0.1) is 5.82 Å². The zero-order chi connectivity index (χ0) is 12.3. The second-order valence-electron chi connectivity index (χ2n) is 3.35. The maximum atomic E-state index is 13.0. The molecule has 0 unspecified atom stereocenters. The number of halogens is 1. The van der Waals surface area contributed by atoms with E-state index in [9.17, 15) is 14.3 Å². The van der Waals surface area contributed by atoms with Crippen molar-refractivity contribution in [2.24, 2.45) is 0 Å². The molecule has 0 saturated heterocycles. The average molecular weight is 232 g/mol. The van der Waals surface area contributed by atoms with Crippen LogP contribution in [-0.2, 0) is 0 Å². The van der Waals surface area contributed by atoms with Gasteiger partial charge in [-0.15, -0.1) is 0 Å². The summed E-state index contributed by atoms with van der Waals surface area (Å²) in [4.78, 5) is 11.7. The molecule has 0 radical (unpaired) electrons. The number of allylic oxidation sites excluding steroid dienone is 1. The highest BCUT2D eigenvalue weighted by Crippen LogP contribution is 2.21. The van der Waals surface area contributed by atoms with Gasteiger partial charge in [-0.05, 0) is 36.4 Å². The third-order valence-corrected chi connectivity index (χ3v) is 2.19. The van der Waals surface area contributed by atoms with Crippen LogP contribution in [0.3, 0.4) is 0 Å². The molecule has 1 aromatic heterocycles. The topological polar surface area (TPSA) is 50.4 Å². The molecule has 2 aromatic rings. The number of furan rings is 1. The number of phenolic OH excluding ortho intramolecular Hbond substituents is 1. The largest absolute Gasteiger partial charge is 0.504 e. The molecule has 17 heavy (non-hydrogen) atoms. The number of para-hydroxylation sites is 1. The molecular formula is C13H9FO3. The molecule has 0 spiro atoms. The molecule has 1 aromatic carbocycles. The van der Waals surface area contributed by atoms with Gasteiger partial charge in [0.05, 0.1) is 11.8 Å². The first-order chi connectivity index (χ1) is 8.18. The van der Waals surface area contributed by atoms with Crippen LogP contribution in [-0.4, -0.2) is 10.9 Å². The minimum absolute atomic E-state index is 0.0761. The van der Waals surface area contributed by atoms with Crippen molar-refractivity contribution in [2.45, 2.75) is 0 Å². The summed E-state index contributed by atoms with van der Waals surface area (Å²) in [6.45, 7) is 0. The van der Waals surface area contributed by atoms with Crippen LogP contribution in [0.4, 0.5) is 4.39 Å². The van der Waals surface area contributed by atoms with Gasteiger partial charge in [0, 0.05) is 0 Å².